The van der Waals surface area contributed by atoms with Crippen LogP contribution in [0.15, 0.2) is 60.8 Å². The number of carbonyl (C=O) groups is 2. The molecule has 0 bridgehead atoms. The number of anilines is 2. The minimum Gasteiger partial charge on any atom is -0.497 e. The summed E-state index contributed by atoms with van der Waals surface area (Å²) in [7, 11) is 1.56. The molecule has 0 saturated heterocycles. The number of methoxy groups -OCH3 is 1. The van der Waals surface area contributed by atoms with Crippen LogP contribution in [0, 0.1) is 0 Å². The number of amides is 2. The van der Waals surface area contributed by atoms with Crippen LogP contribution in [0.1, 0.15) is 10.4 Å². The van der Waals surface area contributed by atoms with E-state index in [9.17, 15) is 9.59 Å². The molecule has 33 heavy (non-hydrogen) atoms. The van der Waals surface area contributed by atoms with Crippen LogP contribution >= 0.6 is 23.2 Å². The molecular weight excluding hydrogens is 467 g/mol. The van der Waals surface area contributed by atoms with Gasteiger partial charge in [0.2, 0.25) is 0 Å². The Morgan fingerprint density at radius 2 is 1.79 bits per heavy atom. The normalized spacial score (nSPS) is 10.3. The van der Waals surface area contributed by atoms with Crippen LogP contribution in [0.25, 0.3) is 0 Å². The number of nitrogens with zero attached hydrogens (tertiary/aromatic N) is 1. The summed E-state index contributed by atoms with van der Waals surface area (Å²) in [5, 5.41) is 9.40. The number of hydrogen-bond acceptors (Lipinski definition) is 6. The first-order valence-electron chi connectivity index (χ1n) is 9.94. The van der Waals surface area contributed by atoms with Crippen molar-refractivity contribution in [3.63, 3.8) is 0 Å². The second-order valence-electron chi connectivity index (χ2n) is 6.76. The highest BCUT2D eigenvalue weighted by atomic mass is 35.5. The maximum Gasteiger partial charge on any atom is 0.262 e. The van der Waals surface area contributed by atoms with Gasteiger partial charge in [-0.1, -0.05) is 29.3 Å². The molecule has 2 aromatic carbocycles. The summed E-state index contributed by atoms with van der Waals surface area (Å²) in [5.74, 6) is 1.05. The first-order chi connectivity index (χ1) is 15.9. The smallest absolute Gasteiger partial charge is 0.262 e. The van der Waals surface area contributed by atoms with Gasteiger partial charge in [-0.05, 0) is 42.5 Å². The maximum absolute atomic E-state index is 12.3. The number of nitrogens with one attached hydrogen (secondary N) is 3. The molecule has 0 fully saturated rings. The van der Waals surface area contributed by atoms with Gasteiger partial charge in [0.25, 0.3) is 11.8 Å². The summed E-state index contributed by atoms with van der Waals surface area (Å²) >= 11 is 11.9. The molecular formula is C23H22Cl2N4O4. The predicted molar refractivity (Wildman–Crippen MR) is 129 cm³/mol. The molecule has 0 aliphatic heterocycles. The number of hydrogen-bond donors (Lipinski definition) is 3. The summed E-state index contributed by atoms with van der Waals surface area (Å²) in [6, 6.07) is 15.1. The molecule has 3 rings (SSSR count). The van der Waals surface area contributed by atoms with E-state index in [2.05, 4.69) is 20.9 Å². The van der Waals surface area contributed by atoms with Crippen LogP contribution in [-0.2, 0) is 4.79 Å². The van der Waals surface area contributed by atoms with Crippen LogP contribution in [0.2, 0.25) is 10.0 Å². The first kappa shape index (κ1) is 24.2. The molecule has 172 valence electrons. The Bertz CT molecular complexity index is 1110. The number of halogens is 2. The lowest BCUT2D eigenvalue weighted by Crippen LogP contribution is -2.28. The second kappa shape index (κ2) is 11.9. The molecule has 0 atom stereocenters. The third-order valence-electron chi connectivity index (χ3n) is 4.35. The zero-order valence-corrected chi connectivity index (χ0v) is 19.2. The van der Waals surface area contributed by atoms with E-state index < -0.39 is 0 Å². The third-order valence-corrected chi connectivity index (χ3v) is 4.85. The van der Waals surface area contributed by atoms with E-state index in [4.69, 9.17) is 32.7 Å². The molecule has 1 aromatic heterocycles. The van der Waals surface area contributed by atoms with Crippen LogP contribution < -0.4 is 25.4 Å². The van der Waals surface area contributed by atoms with Crippen molar-refractivity contribution in [3.8, 4) is 11.5 Å². The Morgan fingerprint density at radius 1 is 1.00 bits per heavy atom. The van der Waals surface area contributed by atoms with Gasteiger partial charge in [0.05, 0.1) is 17.2 Å². The molecule has 2 amide bonds. The molecule has 0 aliphatic rings. The average molecular weight is 489 g/mol. The summed E-state index contributed by atoms with van der Waals surface area (Å²) < 4.78 is 10.6. The van der Waals surface area contributed by atoms with Crippen molar-refractivity contribution >= 4 is 46.5 Å². The van der Waals surface area contributed by atoms with Crippen LogP contribution in [-0.4, -0.2) is 43.6 Å². The molecule has 10 heteroatoms. The maximum atomic E-state index is 12.3. The van der Waals surface area contributed by atoms with Crippen molar-refractivity contribution in [2.75, 3.05) is 37.4 Å². The van der Waals surface area contributed by atoms with E-state index in [0.29, 0.717) is 51.7 Å². The number of benzene rings is 2. The summed E-state index contributed by atoms with van der Waals surface area (Å²) in [6.07, 6.45) is 1.49. The van der Waals surface area contributed by atoms with Crippen molar-refractivity contribution in [1.29, 1.82) is 0 Å². The van der Waals surface area contributed by atoms with Gasteiger partial charge in [-0.15, -0.1) is 0 Å². The minimum atomic E-state index is -0.312. The van der Waals surface area contributed by atoms with E-state index in [-0.39, 0.29) is 18.4 Å². The highest BCUT2D eigenvalue weighted by Gasteiger charge is 2.08. The molecule has 0 spiro atoms. The molecule has 0 radical (unpaired) electrons. The highest BCUT2D eigenvalue weighted by molar-refractivity contribution is 6.35. The van der Waals surface area contributed by atoms with E-state index in [1.807, 2.05) is 0 Å². The quantitative estimate of drug-likeness (QED) is 0.368. The lowest BCUT2D eigenvalue weighted by molar-refractivity contribution is -0.118. The number of ether oxygens (including phenoxy) is 2. The summed E-state index contributed by atoms with van der Waals surface area (Å²) in [4.78, 5) is 28.5. The Balaban J connectivity index is 1.40. The SMILES string of the molecule is COc1cccc(NC(=O)COc2ccc(C(=O)NCCNc3ncc(Cl)cc3Cl)cc2)c1. The van der Waals surface area contributed by atoms with Crippen molar-refractivity contribution in [3.05, 3.63) is 76.4 Å². The molecule has 0 saturated carbocycles. The van der Waals surface area contributed by atoms with E-state index >= 15 is 0 Å². The van der Waals surface area contributed by atoms with Gasteiger partial charge in [-0.2, -0.15) is 0 Å². The molecule has 8 nitrogen and oxygen atoms in total. The highest BCUT2D eigenvalue weighted by Crippen LogP contribution is 2.22. The lowest BCUT2D eigenvalue weighted by atomic mass is 10.2. The van der Waals surface area contributed by atoms with Crippen molar-refractivity contribution in [2.24, 2.45) is 0 Å². The van der Waals surface area contributed by atoms with Gasteiger partial charge in [0.15, 0.2) is 6.61 Å². The standard InChI is InChI=1S/C23H22Cl2N4O4/c1-32-19-4-2-3-17(12-19)29-21(30)14-33-18-7-5-15(6-8-18)23(31)27-10-9-26-22-20(25)11-16(24)13-28-22/h2-8,11-13H,9-10,14H2,1H3,(H,26,28)(H,27,31)(H,29,30). The zero-order chi connectivity index (χ0) is 23.6. The van der Waals surface area contributed by atoms with Gasteiger partial charge < -0.3 is 25.4 Å². The third kappa shape index (κ3) is 7.55. The number of carbonyl (C=O) groups excluding carboxylic acids is 2. The fraction of sp³-hybridized carbons (Fsp3) is 0.174. The molecule has 3 N–H and O–H groups in total. The minimum absolute atomic E-state index is 0.171. The topological polar surface area (TPSA) is 102 Å². The van der Waals surface area contributed by atoms with Gasteiger partial charge in [-0.3, -0.25) is 9.59 Å². The van der Waals surface area contributed by atoms with Crippen LogP contribution in [0.3, 0.4) is 0 Å². The molecule has 0 aliphatic carbocycles. The molecule has 3 aromatic rings. The van der Waals surface area contributed by atoms with Crippen molar-refractivity contribution in [2.45, 2.75) is 0 Å². The van der Waals surface area contributed by atoms with Gasteiger partial charge in [0, 0.05) is 36.6 Å². The average Bonchev–Trinajstić information content (AvgIpc) is 2.82. The van der Waals surface area contributed by atoms with Crippen molar-refractivity contribution < 1.29 is 19.1 Å². The Kier molecular flexibility index (Phi) is 8.74. The summed E-state index contributed by atoms with van der Waals surface area (Å²) in [6.45, 7) is 0.627. The van der Waals surface area contributed by atoms with Crippen LogP contribution in [0.5, 0.6) is 11.5 Å². The van der Waals surface area contributed by atoms with Gasteiger partial charge in [-0.25, -0.2) is 4.98 Å². The number of rotatable bonds is 10. The van der Waals surface area contributed by atoms with Gasteiger partial charge >= 0.3 is 0 Å². The van der Waals surface area contributed by atoms with E-state index in [1.54, 1.807) is 61.7 Å². The number of aromatic nitrogens is 1. The lowest BCUT2D eigenvalue weighted by Gasteiger charge is -2.10. The fourth-order valence-corrected chi connectivity index (χ4v) is 3.20. The molecule has 0 unspecified atom stereocenters. The Morgan fingerprint density at radius 3 is 2.52 bits per heavy atom. The van der Waals surface area contributed by atoms with E-state index in [1.165, 1.54) is 6.20 Å². The molecule has 1 heterocycles. The van der Waals surface area contributed by atoms with Crippen molar-refractivity contribution in [1.82, 2.24) is 10.3 Å². The monoisotopic (exact) mass is 488 g/mol. The second-order valence-corrected chi connectivity index (χ2v) is 7.60. The fourth-order valence-electron chi connectivity index (χ4n) is 2.75. The van der Waals surface area contributed by atoms with Crippen LogP contribution in [0.4, 0.5) is 11.5 Å². The first-order valence-corrected chi connectivity index (χ1v) is 10.7. The van der Waals surface area contributed by atoms with Gasteiger partial charge in [0.1, 0.15) is 17.3 Å². The Hall–Kier alpha value is -3.49. The predicted octanol–water partition coefficient (Wildman–Crippen LogP) is 4.26. The largest absolute Gasteiger partial charge is 0.497 e. The zero-order valence-electron chi connectivity index (χ0n) is 17.7. The van der Waals surface area contributed by atoms with E-state index in [0.717, 1.165) is 0 Å². The summed E-state index contributed by atoms with van der Waals surface area (Å²) in [5.41, 5.74) is 1.07. The Labute approximate surface area is 201 Å². The number of pyridine rings is 1.